The van der Waals surface area contributed by atoms with Crippen molar-refractivity contribution in [2.24, 2.45) is 5.41 Å². The Bertz CT molecular complexity index is 1710. The van der Waals surface area contributed by atoms with Crippen molar-refractivity contribution in [3.05, 3.63) is 11.8 Å². The maximum Gasteiger partial charge on any atom is 0.310 e. The number of esters is 5. The molecule has 0 fully saturated rings. The Hall–Kier alpha value is -3.59. The molecule has 0 amide bonds. The van der Waals surface area contributed by atoms with E-state index in [0.717, 1.165) is 93.7 Å². The van der Waals surface area contributed by atoms with E-state index in [1.165, 1.54) is 135 Å². The van der Waals surface area contributed by atoms with Gasteiger partial charge in [-0.15, -0.1) is 4.37 Å². The summed E-state index contributed by atoms with van der Waals surface area (Å²) in [4.78, 5) is 64.8. The van der Waals surface area contributed by atoms with Gasteiger partial charge < -0.3 is 28.4 Å². The van der Waals surface area contributed by atoms with Crippen molar-refractivity contribution in [1.82, 2.24) is 8.75 Å². The third-order valence-electron chi connectivity index (χ3n) is 14.9. The van der Waals surface area contributed by atoms with Crippen LogP contribution in [0.5, 0.6) is 5.88 Å². The summed E-state index contributed by atoms with van der Waals surface area (Å²) >= 11 is 1.14. The second-order valence-corrected chi connectivity index (χ2v) is 23.6. The molecule has 2 unspecified atom stereocenters. The summed E-state index contributed by atoms with van der Waals surface area (Å²) in [5.74, 6) is -1.64. The Labute approximate surface area is 471 Å². The van der Waals surface area contributed by atoms with Gasteiger partial charge in [-0.3, -0.25) is 28.5 Å². The van der Waals surface area contributed by atoms with Gasteiger partial charge in [-0.1, -0.05) is 214 Å². The molecular weight excluding hydrogens is 995 g/mol. The average Bonchev–Trinajstić information content (AvgIpc) is 3.87. The second-order valence-electron chi connectivity index (χ2n) is 23.1. The number of likely N-dealkylation sites (N-methyl/N-ethyl adjacent to an activating group) is 1. The molecule has 1 aromatic heterocycles. The zero-order chi connectivity index (χ0) is 56.3. The molecule has 0 radical (unpaired) electrons. The van der Waals surface area contributed by atoms with Gasteiger partial charge >= 0.3 is 29.8 Å². The van der Waals surface area contributed by atoms with Crippen molar-refractivity contribution in [3.8, 4) is 5.88 Å². The van der Waals surface area contributed by atoms with Crippen LogP contribution >= 0.6 is 11.7 Å². The molecule has 0 spiro atoms. The first-order chi connectivity index (χ1) is 37.2. The van der Waals surface area contributed by atoms with Crippen LogP contribution < -0.4 is 4.74 Å². The number of aromatic nitrogens is 2. The average molecular weight is 1110 g/mol. The van der Waals surface area contributed by atoms with E-state index in [1.807, 2.05) is 20.8 Å². The summed E-state index contributed by atoms with van der Waals surface area (Å²) in [5, 5.41) is 0. The van der Waals surface area contributed by atoms with Crippen molar-refractivity contribution in [2.45, 2.75) is 291 Å². The zero-order valence-corrected chi connectivity index (χ0v) is 50.7. The molecule has 2 rings (SSSR count). The van der Waals surface area contributed by atoms with Crippen molar-refractivity contribution >= 4 is 47.1 Å². The van der Waals surface area contributed by atoms with Crippen LogP contribution in [-0.2, 0) is 47.7 Å². The molecule has 0 bridgehead atoms. The normalized spacial score (nSPS) is 15.0. The topological polar surface area (TPSA) is 167 Å². The number of hydrogen-bond acceptors (Lipinski definition) is 14. The first kappa shape index (κ1) is 69.5. The Morgan fingerprint density at radius 1 is 0.532 bits per heavy atom. The molecule has 1 aliphatic rings. The lowest BCUT2D eigenvalue weighted by Crippen LogP contribution is -2.55. The van der Waals surface area contributed by atoms with E-state index < -0.39 is 35.7 Å². The first-order valence-corrected chi connectivity index (χ1v) is 31.8. The lowest BCUT2D eigenvalue weighted by atomic mass is 9.86. The zero-order valence-electron chi connectivity index (χ0n) is 49.9. The molecule has 2 atom stereocenters. The predicted octanol–water partition coefficient (Wildman–Crippen LogP) is 15.7. The number of carbonyl (C=O) groups is 5. The lowest BCUT2D eigenvalue weighted by Gasteiger charge is -2.41. The number of nitrogens with zero attached hydrogens (tertiary/aromatic N) is 3. The number of ether oxygens (including phenoxy) is 6. The van der Waals surface area contributed by atoms with Gasteiger partial charge in [0.2, 0.25) is 6.23 Å². The highest BCUT2D eigenvalue weighted by Crippen LogP contribution is 2.33. The quantitative estimate of drug-likeness (QED) is 0.0262. The number of rotatable bonds is 50. The monoisotopic (exact) mass is 1100 g/mol. The molecule has 0 saturated carbocycles. The maximum atomic E-state index is 13.3. The molecule has 2 heterocycles. The first-order valence-electron chi connectivity index (χ1n) is 31.1. The van der Waals surface area contributed by atoms with Crippen molar-refractivity contribution in [3.63, 3.8) is 0 Å². The van der Waals surface area contributed by atoms with Crippen LogP contribution in [0.1, 0.15) is 285 Å². The van der Waals surface area contributed by atoms with Gasteiger partial charge in [0.25, 0.3) is 5.88 Å². The van der Waals surface area contributed by atoms with Crippen molar-refractivity contribution in [1.29, 1.82) is 0 Å². The van der Waals surface area contributed by atoms with E-state index in [9.17, 15) is 24.0 Å². The highest BCUT2D eigenvalue weighted by molar-refractivity contribution is 6.99. The van der Waals surface area contributed by atoms with Crippen LogP contribution in [0, 0.1) is 5.41 Å². The minimum atomic E-state index is -0.954. The van der Waals surface area contributed by atoms with Gasteiger partial charge in [-0.2, -0.15) is 4.37 Å². The third kappa shape index (κ3) is 35.6. The summed E-state index contributed by atoms with van der Waals surface area (Å²) in [6, 6.07) is 0. The Kier molecular flexibility index (Phi) is 39.9. The van der Waals surface area contributed by atoms with Crippen LogP contribution in [0.25, 0.3) is 5.57 Å². The van der Waals surface area contributed by atoms with Crippen LogP contribution in [0.3, 0.4) is 0 Å². The number of unbranched alkanes of at least 4 members (excludes halogenated alkanes) is 27. The van der Waals surface area contributed by atoms with Gasteiger partial charge in [0, 0.05) is 38.2 Å². The highest BCUT2D eigenvalue weighted by atomic mass is 32.1. The summed E-state index contributed by atoms with van der Waals surface area (Å²) in [5.41, 5.74) is 1.05. The SMILES string of the molecule is CCCCCCCCCCCCCCCC(=O)OCC(COC(=O)CCCCCCCCCCCCCCC)OC(=O)CCCOC(=O)CC(C)(C)CC(=O)OC(C)[N+]1(C)CCC=C(c2nsnc2OCCCCCC)C1. The number of carbonyl (C=O) groups excluding carboxylic acids is 5. The van der Waals surface area contributed by atoms with E-state index in [0.29, 0.717) is 23.5 Å². The Morgan fingerprint density at radius 2 is 0.974 bits per heavy atom. The third-order valence-corrected chi connectivity index (χ3v) is 15.4. The van der Waals surface area contributed by atoms with Crippen LogP contribution in [-0.4, -0.2) is 102 Å². The molecule has 0 aliphatic carbocycles. The number of quaternary nitrogens is 1. The molecule has 14 nitrogen and oxygen atoms in total. The minimum absolute atomic E-state index is 0.0167. The van der Waals surface area contributed by atoms with Gasteiger partial charge in [0.05, 0.1) is 51.4 Å². The molecular formula is C62H110N3O11S+. The van der Waals surface area contributed by atoms with Gasteiger partial charge in [0.1, 0.15) is 25.5 Å². The van der Waals surface area contributed by atoms with Crippen molar-refractivity contribution in [2.75, 3.05) is 46.6 Å². The van der Waals surface area contributed by atoms with E-state index in [-0.39, 0.29) is 70.3 Å². The lowest BCUT2D eigenvalue weighted by molar-refractivity contribution is -0.944. The molecule has 0 saturated heterocycles. The molecule has 1 aromatic rings. The van der Waals surface area contributed by atoms with Gasteiger partial charge in [0.15, 0.2) is 6.10 Å². The largest absolute Gasteiger partial charge is 0.475 e. The number of hydrogen-bond donors (Lipinski definition) is 0. The Morgan fingerprint density at radius 3 is 1.47 bits per heavy atom. The van der Waals surface area contributed by atoms with E-state index in [2.05, 4.69) is 42.6 Å². The fourth-order valence-corrected chi connectivity index (χ4v) is 10.4. The molecule has 444 valence electrons. The molecule has 77 heavy (non-hydrogen) atoms. The van der Waals surface area contributed by atoms with Gasteiger partial charge in [-0.05, 0) is 31.1 Å². The smallest absolute Gasteiger partial charge is 0.310 e. The molecule has 0 N–H and O–H groups in total. The van der Waals surface area contributed by atoms with E-state index in [1.54, 1.807) is 0 Å². The summed E-state index contributed by atoms with van der Waals surface area (Å²) in [6.45, 7) is 13.8. The summed E-state index contributed by atoms with van der Waals surface area (Å²) < 4.78 is 43.7. The maximum absolute atomic E-state index is 13.3. The second kappa shape index (κ2) is 44.2. The van der Waals surface area contributed by atoms with Crippen LogP contribution in [0.2, 0.25) is 0 Å². The highest BCUT2D eigenvalue weighted by Gasteiger charge is 2.38. The van der Waals surface area contributed by atoms with E-state index in [4.69, 9.17) is 28.4 Å². The Balaban J connectivity index is 1.76. The predicted molar refractivity (Wildman–Crippen MR) is 309 cm³/mol. The standard InChI is InChI=1S/C62H110N3O11S/c1-8-11-14-17-19-21-23-25-27-29-31-33-35-41-55(66)73-50-54(51-74-56(67)42-36-34-32-30-28-26-24-22-20-18-15-12-9-2)76-57(68)43-39-46-71-58(69)47-62(5,6)48-59(70)75-52(4)65(7)44-38-40-53(49-65)60-61(64-77-63-60)72-45-37-16-13-10-3/h40,52,54H,8-39,41-51H2,1-7H3/q+1. The fraction of sp³-hybridized carbons (Fsp3) is 0.855. The van der Waals surface area contributed by atoms with Crippen LogP contribution in [0.4, 0.5) is 0 Å². The summed E-state index contributed by atoms with van der Waals surface area (Å²) in [7, 11) is 2.07. The molecule has 15 heteroatoms. The molecule has 1 aliphatic heterocycles. The fourth-order valence-electron chi connectivity index (χ4n) is 9.83. The van der Waals surface area contributed by atoms with Crippen LogP contribution in [0.15, 0.2) is 6.08 Å². The summed E-state index contributed by atoms with van der Waals surface area (Å²) in [6.07, 6.45) is 38.2. The van der Waals surface area contributed by atoms with Gasteiger partial charge in [-0.25, -0.2) is 0 Å². The minimum Gasteiger partial charge on any atom is -0.475 e. The van der Waals surface area contributed by atoms with Crippen molar-refractivity contribution < 1.29 is 56.9 Å². The molecule has 0 aromatic carbocycles. The van der Waals surface area contributed by atoms with E-state index >= 15 is 0 Å².